The van der Waals surface area contributed by atoms with Gasteiger partial charge < -0.3 is 16.2 Å². The molecule has 0 unspecified atom stereocenters. The van der Waals surface area contributed by atoms with Crippen molar-refractivity contribution in [1.29, 1.82) is 0 Å². The lowest BCUT2D eigenvalue weighted by Gasteiger charge is -2.25. The number of hydrogen-bond acceptors (Lipinski definition) is 7. The number of nitrogens with one attached hydrogen (secondary N) is 1. The molecule has 1 heterocycles. The summed E-state index contributed by atoms with van der Waals surface area (Å²) < 4.78 is 23.5. The van der Waals surface area contributed by atoms with Crippen molar-refractivity contribution >= 4 is 21.6 Å². The van der Waals surface area contributed by atoms with Crippen LogP contribution in [0.15, 0.2) is 96.0 Å². The van der Waals surface area contributed by atoms with Crippen LogP contribution in [0.5, 0.6) is 0 Å². The van der Waals surface area contributed by atoms with E-state index in [9.17, 15) is 18.3 Å². The molecule has 35 heavy (non-hydrogen) atoms. The van der Waals surface area contributed by atoms with Crippen LogP contribution in [-0.2, 0) is 9.84 Å². The van der Waals surface area contributed by atoms with Gasteiger partial charge in [0.05, 0.1) is 22.8 Å². The first-order valence-electron chi connectivity index (χ1n) is 10.8. The summed E-state index contributed by atoms with van der Waals surface area (Å²) in [5, 5.41) is 13.9. The summed E-state index contributed by atoms with van der Waals surface area (Å²) >= 11 is 0. The first-order valence-corrected chi connectivity index (χ1v) is 12.6. The highest BCUT2D eigenvalue weighted by molar-refractivity contribution is 7.90. The Morgan fingerprint density at radius 1 is 0.914 bits per heavy atom. The van der Waals surface area contributed by atoms with Crippen LogP contribution < -0.4 is 11.1 Å². The van der Waals surface area contributed by atoms with Crippen LogP contribution in [0, 0.1) is 0 Å². The van der Waals surface area contributed by atoms with Crippen LogP contribution in [-0.4, -0.2) is 35.7 Å². The Kier molecular flexibility index (Phi) is 6.90. The van der Waals surface area contributed by atoms with E-state index in [1.807, 2.05) is 48.5 Å². The molecule has 4 aromatic rings. The zero-order valence-corrected chi connectivity index (χ0v) is 19.7. The molecule has 178 valence electrons. The zero-order valence-electron chi connectivity index (χ0n) is 18.9. The van der Waals surface area contributed by atoms with Gasteiger partial charge in [-0.15, -0.1) is 0 Å². The molecule has 8 nitrogen and oxygen atoms in total. The van der Waals surface area contributed by atoms with Gasteiger partial charge in [-0.3, -0.25) is 4.79 Å². The van der Waals surface area contributed by atoms with Crippen molar-refractivity contribution in [2.45, 2.75) is 17.0 Å². The maximum absolute atomic E-state index is 13.3. The molecule has 1 amide bonds. The Balaban J connectivity index is 1.65. The summed E-state index contributed by atoms with van der Waals surface area (Å²) in [5.74, 6) is -0.673. The van der Waals surface area contributed by atoms with Crippen LogP contribution in [0.1, 0.15) is 33.8 Å². The Labute approximate surface area is 203 Å². The number of aliphatic hydroxyl groups is 1. The molecule has 9 heteroatoms. The highest BCUT2D eigenvalue weighted by Crippen LogP contribution is 2.29. The van der Waals surface area contributed by atoms with Crippen molar-refractivity contribution in [3.05, 3.63) is 108 Å². The van der Waals surface area contributed by atoms with Gasteiger partial charge in [-0.1, -0.05) is 72.8 Å². The third-order valence-corrected chi connectivity index (χ3v) is 6.62. The predicted molar refractivity (Wildman–Crippen MR) is 133 cm³/mol. The second-order valence-corrected chi connectivity index (χ2v) is 10.0. The topological polar surface area (TPSA) is 135 Å². The zero-order chi connectivity index (χ0) is 25.0. The number of aliphatic hydroxyl groups excluding tert-OH is 1. The smallest absolute Gasteiger partial charge is 0.274 e. The summed E-state index contributed by atoms with van der Waals surface area (Å²) in [5.41, 5.74) is 8.14. The Morgan fingerprint density at radius 2 is 1.49 bits per heavy atom. The molecular formula is C26H24N4O4S. The quantitative estimate of drug-likeness (QED) is 0.363. The van der Waals surface area contributed by atoms with Gasteiger partial charge in [0.1, 0.15) is 6.10 Å². The van der Waals surface area contributed by atoms with E-state index in [0.29, 0.717) is 22.4 Å². The lowest BCUT2D eigenvalue weighted by atomic mass is 9.95. The monoisotopic (exact) mass is 488 g/mol. The van der Waals surface area contributed by atoms with Crippen LogP contribution in [0.25, 0.3) is 11.3 Å². The van der Waals surface area contributed by atoms with Gasteiger partial charge in [0.25, 0.3) is 5.91 Å². The average molecular weight is 489 g/mol. The van der Waals surface area contributed by atoms with E-state index in [1.54, 1.807) is 24.3 Å². The Morgan fingerprint density at radius 3 is 2.06 bits per heavy atom. The standard InChI is InChI=1S/C26H24N4O4S/c1-35(33,34)20-14-12-17(13-15-20)21-16-28-25(27)23(29-21)26(32)30-22(18-8-4-2-5-9-18)24(31)19-10-6-3-7-11-19/h2-16,22,24,31H,1H3,(H2,27,28)(H,30,32)/t22-,24+/m1/s1. The van der Waals surface area contributed by atoms with Gasteiger partial charge >= 0.3 is 0 Å². The molecule has 4 N–H and O–H groups in total. The number of amides is 1. The second-order valence-electron chi connectivity index (χ2n) is 8.00. The van der Waals surface area contributed by atoms with Gasteiger partial charge in [-0.25, -0.2) is 18.4 Å². The molecule has 0 radical (unpaired) electrons. The lowest BCUT2D eigenvalue weighted by Crippen LogP contribution is -2.34. The molecule has 0 aliphatic carbocycles. The van der Waals surface area contributed by atoms with Gasteiger partial charge in [0.2, 0.25) is 0 Å². The second kappa shape index (κ2) is 10.0. The molecule has 0 saturated carbocycles. The minimum atomic E-state index is -3.34. The fourth-order valence-electron chi connectivity index (χ4n) is 3.63. The van der Waals surface area contributed by atoms with E-state index < -0.39 is 27.9 Å². The van der Waals surface area contributed by atoms with Gasteiger partial charge in [-0.2, -0.15) is 0 Å². The number of hydrogen-bond donors (Lipinski definition) is 3. The number of anilines is 1. The number of nitrogen functional groups attached to an aromatic ring is 1. The fourth-order valence-corrected chi connectivity index (χ4v) is 4.27. The van der Waals surface area contributed by atoms with Crippen LogP contribution in [0.2, 0.25) is 0 Å². The summed E-state index contributed by atoms with van der Waals surface area (Å²) in [6, 6.07) is 23.5. The number of rotatable bonds is 7. The van der Waals surface area contributed by atoms with Gasteiger partial charge in [-0.05, 0) is 23.3 Å². The van der Waals surface area contributed by atoms with E-state index in [0.717, 1.165) is 6.26 Å². The number of nitrogens with zero attached hydrogens (tertiary/aromatic N) is 2. The van der Waals surface area contributed by atoms with Gasteiger partial charge in [0.15, 0.2) is 21.3 Å². The number of carbonyl (C=O) groups excluding carboxylic acids is 1. The molecule has 0 aliphatic rings. The molecule has 0 fully saturated rings. The first kappa shape index (κ1) is 24.1. The maximum Gasteiger partial charge on any atom is 0.274 e. The molecule has 0 aliphatic heterocycles. The van der Waals surface area contributed by atoms with Crippen molar-refractivity contribution < 1.29 is 18.3 Å². The van der Waals surface area contributed by atoms with E-state index in [-0.39, 0.29) is 16.4 Å². The summed E-state index contributed by atoms with van der Waals surface area (Å²) in [7, 11) is -3.34. The SMILES string of the molecule is CS(=O)(=O)c1ccc(-c2cnc(N)c(C(=O)N[C@H](c3ccccc3)[C@@H](O)c3ccccc3)n2)cc1. The molecule has 3 aromatic carbocycles. The molecule has 0 saturated heterocycles. The number of aromatic nitrogens is 2. The summed E-state index contributed by atoms with van der Waals surface area (Å²) in [6.07, 6.45) is 1.51. The number of benzene rings is 3. The highest BCUT2D eigenvalue weighted by atomic mass is 32.2. The van der Waals surface area contributed by atoms with Crippen molar-refractivity contribution in [3.63, 3.8) is 0 Å². The molecule has 0 spiro atoms. The lowest BCUT2D eigenvalue weighted by molar-refractivity contribution is 0.0827. The summed E-state index contributed by atoms with van der Waals surface area (Å²) in [4.78, 5) is 21.9. The maximum atomic E-state index is 13.3. The molecule has 1 aromatic heterocycles. The van der Waals surface area contributed by atoms with Crippen molar-refractivity contribution in [1.82, 2.24) is 15.3 Å². The van der Waals surface area contributed by atoms with E-state index >= 15 is 0 Å². The van der Waals surface area contributed by atoms with Crippen molar-refractivity contribution in [3.8, 4) is 11.3 Å². The van der Waals surface area contributed by atoms with Gasteiger partial charge in [0, 0.05) is 11.8 Å². The average Bonchev–Trinajstić information content (AvgIpc) is 2.87. The Hall–Kier alpha value is -4.08. The van der Waals surface area contributed by atoms with Crippen LogP contribution >= 0.6 is 0 Å². The predicted octanol–water partition coefficient (Wildman–Crippen LogP) is 3.33. The largest absolute Gasteiger partial charge is 0.386 e. The number of carbonyl (C=O) groups is 1. The fraction of sp³-hybridized carbons (Fsp3) is 0.115. The van der Waals surface area contributed by atoms with Crippen molar-refractivity contribution in [2.24, 2.45) is 0 Å². The van der Waals surface area contributed by atoms with E-state index in [1.165, 1.54) is 18.3 Å². The van der Waals surface area contributed by atoms with E-state index in [4.69, 9.17) is 5.73 Å². The van der Waals surface area contributed by atoms with Crippen LogP contribution in [0.4, 0.5) is 5.82 Å². The minimum absolute atomic E-state index is 0.0694. The normalized spacial score (nSPS) is 13.1. The highest BCUT2D eigenvalue weighted by Gasteiger charge is 2.27. The summed E-state index contributed by atoms with van der Waals surface area (Å²) in [6.45, 7) is 0. The Bertz CT molecular complexity index is 1430. The molecule has 4 rings (SSSR count). The van der Waals surface area contributed by atoms with Crippen LogP contribution in [0.3, 0.4) is 0 Å². The molecular weight excluding hydrogens is 464 g/mol. The van der Waals surface area contributed by atoms with E-state index in [2.05, 4.69) is 15.3 Å². The number of nitrogens with two attached hydrogens (primary N) is 1. The molecule has 0 bridgehead atoms. The first-order chi connectivity index (χ1) is 16.7. The van der Waals surface area contributed by atoms with Crippen molar-refractivity contribution in [2.75, 3.05) is 12.0 Å². The number of sulfone groups is 1. The molecule has 2 atom stereocenters. The minimum Gasteiger partial charge on any atom is -0.386 e. The third-order valence-electron chi connectivity index (χ3n) is 5.50. The third kappa shape index (κ3) is 5.53.